The van der Waals surface area contributed by atoms with Gasteiger partial charge in [-0.3, -0.25) is 4.79 Å². The van der Waals surface area contributed by atoms with Crippen molar-refractivity contribution in [3.8, 4) is 0 Å². The van der Waals surface area contributed by atoms with E-state index in [4.69, 9.17) is 0 Å². The number of aromatic nitrogens is 2. The molecule has 1 fully saturated rings. The average molecular weight is 282 g/mol. The molecule has 2 aromatic rings. The summed E-state index contributed by atoms with van der Waals surface area (Å²) in [7, 11) is 0. The minimum Gasteiger partial charge on any atom is -0.374 e. The second-order valence-corrected chi connectivity index (χ2v) is 4.98. The molecule has 0 radical (unpaired) electrons. The summed E-state index contributed by atoms with van der Waals surface area (Å²) in [6.07, 6.45) is 6.68. The zero-order valence-electron chi connectivity index (χ0n) is 11.8. The smallest absolute Gasteiger partial charge is 0.222 e. The summed E-state index contributed by atoms with van der Waals surface area (Å²) < 4.78 is 0. The SMILES string of the molecule is O=C(C=CN1CCN(c2ccccc2)CC1)c1ncc[nH]1. The third-order valence-electron chi connectivity index (χ3n) is 3.60. The standard InChI is InChI=1S/C16H18N4O/c21-15(16-17-7-8-18-16)6-9-19-10-12-20(13-11-19)14-4-2-1-3-5-14/h1-9H,10-13H2,(H,17,18). The van der Waals surface area contributed by atoms with Crippen LogP contribution in [0.3, 0.4) is 0 Å². The number of imidazole rings is 1. The number of ketones is 1. The van der Waals surface area contributed by atoms with Gasteiger partial charge in [0.2, 0.25) is 5.78 Å². The van der Waals surface area contributed by atoms with E-state index in [1.807, 2.05) is 12.3 Å². The molecule has 0 unspecified atom stereocenters. The predicted octanol–water partition coefficient (Wildman–Crippen LogP) is 1.93. The summed E-state index contributed by atoms with van der Waals surface area (Å²) >= 11 is 0. The average Bonchev–Trinajstić information content (AvgIpc) is 3.08. The Morgan fingerprint density at radius 2 is 1.90 bits per heavy atom. The van der Waals surface area contributed by atoms with Crippen molar-refractivity contribution in [2.45, 2.75) is 0 Å². The van der Waals surface area contributed by atoms with Gasteiger partial charge in [-0.15, -0.1) is 0 Å². The van der Waals surface area contributed by atoms with Crippen LogP contribution in [0.15, 0.2) is 55.0 Å². The fourth-order valence-corrected chi connectivity index (χ4v) is 2.42. The second kappa shape index (κ2) is 6.26. The number of carbonyl (C=O) groups excluding carboxylic acids is 1. The molecule has 21 heavy (non-hydrogen) atoms. The fraction of sp³-hybridized carbons (Fsp3) is 0.250. The van der Waals surface area contributed by atoms with Crippen LogP contribution in [0.4, 0.5) is 5.69 Å². The Labute approximate surface area is 123 Å². The number of H-pyrrole nitrogens is 1. The van der Waals surface area contributed by atoms with Crippen molar-refractivity contribution in [3.63, 3.8) is 0 Å². The number of hydrogen-bond donors (Lipinski definition) is 1. The summed E-state index contributed by atoms with van der Waals surface area (Å²) in [4.78, 5) is 23.1. The van der Waals surface area contributed by atoms with Crippen LogP contribution in [0, 0.1) is 0 Å². The van der Waals surface area contributed by atoms with Crippen molar-refractivity contribution in [1.29, 1.82) is 0 Å². The highest BCUT2D eigenvalue weighted by Crippen LogP contribution is 2.15. The number of nitrogens with one attached hydrogen (secondary N) is 1. The number of para-hydroxylation sites is 1. The van der Waals surface area contributed by atoms with E-state index in [0.29, 0.717) is 5.82 Å². The van der Waals surface area contributed by atoms with Gasteiger partial charge in [-0.05, 0) is 12.1 Å². The molecule has 1 saturated heterocycles. The monoisotopic (exact) mass is 282 g/mol. The lowest BCUT2D eigenvalue weighted by Gasteiger charge is -2.35. The maximum atomic E-state index is 11.8. The third-order valence-corrected chi connectivity index (χ3v) is 3.60. The number of aromatic amines is 1. The van der Waals surface area contributed by atoms with E-state index in [9.17, 15) is 4.79 Å². The van der Waals surface area contributed by atoms with Crippen LogP contribution in [0.5, 0.6) is 0 Å². The normalized spacial score (nSPS) is 15.6. The molecule has 108 valence electrons. The zero-order valence-corrected chi connectivity index (χ0v) is 11.8. The molecule has 0 aliphatic carbocycles. The lowest BCUT2D eigenvalue weighted by molar-refractivity contribution is 0.103. The quantitative estimate of drug-likeness (QED) is 0.687. The van der Waals surface area contributed by atoms with E-state index in [2.05, 4.69) is 44.0 Å². The molecule has 0 atom stereocenters. The van der Waals surface area contributed by atoms with Crippen molar-refractivity contribution in [2.75, 3.05) is 31.1 Å². The number of rotatable bonds is 4. The van der Waals surface area contributed by atoms with Crippen LogP contribution in [0.2, 0.25) is 0 Å². The van der Waals surface area contributed by atoms with Gasteiger partial charge in [0.25, 0.3) is 0 Å². The van der Waals surface area contributed by atoms with E-state index < -0.39 is 0 Å². The van der Waals surface area contributed by atoms with Crippen LogP contribution in [0.25, 0.3) is 0 Å². The van der Waals surface area contributed by atoms with E-state index in [1.54, 1.807) is 18.5 Å². The summed E-state index contributed by atoms with van der Waals surface area (Å²) in [6, 6.07) is 10.4. The molecule has 0 bridgehead atoms. The Kier molecular flexibility index (Phi) is 4.00. The molecular weight excluding hydrogens is 264 g/mol. The van der Waals surface area contributed by atoms with Gasteiger partial charge in [0.15, 0.2) is 5.82 Å². The molecule has 0 spiro atoms. The van der Waals surface area contributed by atoms with E-state index in [1.165, 1.54) is 5.69 Å². The molecular formula is C16H18N4O. The molecule has 1 aliphatic rings. The van der Waals surface area contributed by atoms with Crippen molar-refractivity contribution >= 4 is 11.5 Å². The lowest BCUT2D eigenvalue weighted by Crippen LogP contribution is -2.44. The Morgan fingerprint density at radius 1 is 1.14 bits per heavy atom. The molecule has 0 saturated carbocycles. The van der Waals surface area contributed by atoms with Crippen LogP contribution < -0.4 is 4.90 Å². The first kappa shape index (κ1) is 13.4. The maximum absolute atomic E-state index is 11.8. The summed E-state index contributed by atoms with van der Waals surface area (Å²) in [6.45, 7) is 3.75. The number of carbonyl (C=O) groups is 1. The predicted molar refractivity (Wildman–Crippen MR) is 82.3 cm³/mol. The van der Waals surface area contributed by atoms with Crippen molar-refractivity contribution in [1.82, 2.24) is 14.9 Å². The molecule has 5 heteroatoms. The number of nitrogens with zero attached hydrogens (tertiary/aromatic N) is 3. The molecule has 0 amide bonds. The van der Waals surface area contributed by atoms with Gasteiger partial charge in [0.1, 0.15) is 0 Å². The zero-order chi connectivity index (χ0) is 14.5. The molecule has 1 N–H and O–H groups in total. The third kappa shape index (κ3) is 3.31. The first-order valence-electron chi connectivity index (χ1n) is 7.09. The van der Waals surface area contributed by atoms with Gasteiger partial charge in [0, 0.05) is 56.5 Å². The number of piperazine rings is 1. The summed E-state index contributed by atoms with van der Waals surface area (Å²) in [5.74, 6) is 0.291. The first-order chi connectivity index (χ1) is 10.3. The molecule has 1 aliphatic heterocycles. The second-order valence-electron chi connectivity index (χ2n) is 4.98. The van der Waals surface area contributed by atoms with Crippen molar-refractivity contribution in [2.24, 2.45) is 0 Å². The lowest BCUT2D eigenvalue weighted by atomic mass is 10.2. The Bertz CT molecular complexity index is 598. The summed E-state index contributed by atoms with van der Waals surface area (Å²) in [5, 5.41) is 0. The highest BCUT2D eigenvalue weighted by Gasteiger charge is 2.14. The Hall–Kier alpha value is -2.56. The van der Waals surface area contributed by atoms with Crippen molar-refractivity contribution < 1.29 is 4.79 Å². The number of benzene rings is 1. The van der Waals surface area contributed by atoms with Gasteiger partial charge in [-0.2, -0.15) is 0 Å². The summed E-state index contributed by atoms with van der Waals surface area (Å²) in [5.41, 5.74) is 1.26. The van der Waals surface area contributed by atoms with Gasteiger partial charge in [0.05, 0.1) is 0 Å². The fourth-order valence-electron chi connectivity index (χ4n) is 2.42. The van der Waals surface area contributed by atoms with E-state index in [-0.39, 0.29) is 5.78 Å². The Balaban J connectivity index is 1.53. The molecule has 3 rings (SSSR count). The minimum atomic E-state index is -0.0921. The van der Waals surface area contributed by atoms with Crippen LogP contribution in [0.1, 0.15) is 10.6 Å². The van der Waals surface area contributed by atoms with Gasteiger partial charge < -0.3 is 14.8 Å². The minimum absolute atomic E-state index is 0.0921. The van der Waals surface area contributed by atoms with Crippen LogP contribution in [-0.2, 0) is 0 Å². The molecule has 2 heterocycles. The number of anilines is 1. The number of allylic oxidation sites excluding steroid dienone is 1. The van der Waals surface area contributed by atoms with Gasteiger partial charge in [-0.1, -0.05) is 18.2 Å². The molecule has 1 aromatic heterocycles. The van der Waals surface area contributed by atoms with Crippen molar-refractivity contribution in [3.05, 3.63) is 60.8 Å². The van der Waals surface area contributed by atoms with E-state index >= 15 is 0 Å². The van der Waals surface area contributed by atoms with Crippen LogP contribution in [-0.4, -0.2) is 46.8 Å². The molecule has 5 nitrogen and oxygen atoms in total. The first-order valence-corrected chi connectivity index (χ1v) is 7.09. The van der Waals surface area contributed by atoms with Gasteiger partial charge >= 0.3 is 0 Å². The highest BCUT2D eigenvalue weighted by molar-refractivity contribution is 6.01. The Morgan fingerprint density at radius 3 is 2.57 bits per heavy atom. The molecule has 1 aromatic carbocycles. The largest absolute Gasteiger partial charge is 0.374 e. The van der Waals surface area contributed by atoms with Gasteiger partial charge in [-0.25, -0.2) is 4.98 Å². The van der Waals surface area contributed by atoms with Crippen LogP contribution >= 0.6 is 0 Å². The topological polar surface area (TPSA) is 52.2 Å². The maximum Gasteiger partial charge on any atom is 0.222 e. The number of hydrogen-bond acceptors (Lipinski definition) is 4. The highest BCUT2D eigenvalue weighted by atomic mass is 16.1. The van der Waals surface area contributed by atoms with E-state index in [0.717, 1.165) is 26.2 Å².